The molecule has 0 saturated carbocycles. The molecule has 0 unspecified atom stereocenters. The van der Waals surface area contributed by atoms with Crippen LogP contribution in [-0.2, 0) is 0 Å². The average molecular weight is 125 g/mol. The molecule has 0 fully saturated rings. The van der Waals surface area contributed by atoms with Gasteiger partial charge in [0.05, 0.1) is 0 Å². The Bertz CT molecular complexity index is 37.8. The summed E-state index contributed by atoms with van der Waals surface area (Å²) in [6, 6.07) is 0. The first-order valence-electron chi connectivity index (χ1n) is 2.78. The van der Waals surface area contributed by atoms with E-state index in [1.54, 1.807) is 0 Å². The Morgan fingerprint density at radius 3 is 1.12 bits per heavy atom. The van der Waals surface area contributed by atoms with Crippen LogP contribution in [-0.4, -0.2) is 29.4 Å². The van der Waals surface area contributed by atoms with Crippen molar-refractivity contribution >= 4 is 30.6 Å². The van der Waals surface area contributed by atoms with Crippen LogP contribution in [0.1, 0.15) is 27.7 Å². The first-order valence-corrected chi connectivity index (χ1v) is 3.72. The molecule has 0 atom stereocenters. The largest absolute Gasteiger partial charge is 0.156 e. The number of rotatable bonds is 2. The molecule has 0 bridgehead atoms. The Morgan fingerprint density at radius 2 is 1.12 bits per heavy atom. The molecule has 0 spiro atoms. The Labute approximate surface area is 69.0 Å². The maximum atomic E-state index is 2.23. The van der Waals surface area contributed by atoms with Crippen LogP contribution < -0.4 is 0 Å². The molecule has 0 amide bonds. The summed E-state index contributed by atoms with van der Waals surface area (Å²) < 4.78 is 0. The molecular weight excluding hydrogens is 111 g/mol. The van der Waals surface area contributed by atoms with Crippen molar-refractivity contribution in [1.82, 2.24) is 0 Å². The van der Waals surface area contributed by atoms with E-state index in [0.29, 0.717) is 0 Å². The Morgan fingerprint density at radius 1 is 0.875 bits per heavy atom. The second-order valence-corrected chi connectivity index (χ2v) is 4.39. The van der Waals surface area contributed by atoms with Gasteiger partial charge in [0.2, 0.25) is 0 Å². The molecule has 0 heterocycles. The molecule has 0 aliphatic carbocycles. The molecule has 45 valence electrons. The van der Waals surface area contributed by atoms with Gasteiger partial charge >= 0.3 is 0 Å². The molecule has 0 rings (SSSR count). The Kier molecular flexibility index (Phi) is 8.89. The monoisotopic (exact) mass is 125 g/mol. The van der Waals surface area contributed by atoms with E-state index in [9.17, 15) is 0 Å². The molecular formula is C6H14LiS. The van der Waals surface area contributed by atoms with Gasteiger partial charge in [0.1, 0.15) is 0 Å². The van der Waals surface area contributed by atoms with E-state index >= 15 is 0 Å². The maximum absolute atomic E-state index is 2.23. The fourth-order valence-electron chi connectivity index (χ4n) is 0.544. The minimum atomic E-state index is 0. The normalized spacial score (nSPS) is 9.75. The fraction of sp³-hybridized carbons (Fsp3) is 1.00. The van der Waals surface area contributed by atoms with Gasteiger partial charge in [-0.05, 0) is 10.5 Å². The minimum Gasteiger partial charge on any atom is -0.156 e. The summed E-state index contributed by atoms with van der Waals surface area (Å²) in [4.78, 5) is 0. The second-order valence-electron chi connectivity index (χ2n) is 2.23. The third-order valence-electron chi connectivity index (χ3n) is 0.544. The van der Waals surface area contributed by atoms with Crippen LogP contribution in [0.25, 0.3) is 0 Å². The van der Waals surface area contributed by atoms with Crippen molar-refractivity contribution in [2.24, 2.45) is 0 Å². The third kappa shape index (κ3) is 10.0. The van der Waals surface area contributed by atoms with Crippen molar-refractivity contribution in [3.8, 4) is 0 Å². The molecule has 0 aliphatic rings. The maximum Gasteiger partial charge on any atom is 0 e. The van der Waals surface area contributed by atoms with Gasteiger partial charge in [-0.3, -0.25) is 0 Å². The zero-order chi connectivity index (χ0) is 5.86. The number of hydrogen-bond acceptors (Lipinski definition) is 1. The summed E-state index contributed by atoms with van der Waals surface area (Å²) in [7, 11) is 0. The van der Waals surface area contributed by atoms with Crippen LogP contribution >= 0.6 is 11.8 Å². The van der Waals surface area contributed by atoms with Gasteiger partial charge in [-0.1, -0.05) is 27.7 Å². The predicted molar refractivity (Wildman–Crippen MR) is 43.6 cm³/mol. The van der Waals surface area contributed by atoms with Crippen LogP contribution in [0.2, 0.25) is 0 Å². The quantitative estimate of drug-likeness (QED) is 0.509. The van der Waals surface area contributed by atoms with Crippen molar-refractivity contribution in [3.05, 3.63) is 0 Å². The van der Waals surface area contributed by atoms with E-state index in [4.69, 9.17) is 0 Å². The SMILES string of the molecule is CC(C)SC(C)C.[Li]. The summed E-state index contributed by atoms with van der Waals surface area (Å²) in [5.41, 5.74) is 0. The number of thioether (sulfide) groups is 1. The van der Waals surface area contributed by atoms with E-state index < -0.39 is 0 Å². The van der Waals surface area contributed by atoms with Crippen LogP contribution in [0.4, 0.5) is 0 Å². The van der Waals surface area contributed by atoms with Crippen molar-refractivity contribution in [1.29, 1.82) is 0 Å². The third-order valence-corrected chi connectivity index (χ3v) is 1.63. The second kappa shape index (κ2) is 6.07. The summed E-state index contributed by atoms with van der Waals surface area (Å²) in [5, 5.41) is 1.58. The van der Waals surface area contributed by atoms with E-state index in [0.717, 1.165) is 10.5 Å². The van der Waals surface area contributed by atoms with Crippen LogP contribution in [0, 0.1) is 0 Å². The minimum absolute atomic E-state index is 0. The summed E-state index contributed by atoms with van der Waals surface area (Å²) in [6.45, 7) is 8.91. The topological polar surface area (TPSA) is 0 Å². The molecule has 0 saturated heterocycles. The van der Waals surface area contributed by atoms with Gasteiger partial charge in [-0.15, -0.1) is 0 Å². The molecule has 0 aromatic carbocycles. The molecule has 1 radical (unpaired) electrons. The van der Waals surface area contributed by atoms with Gasteiger partial charge in [0.25, 0.3) is 0 Å². The van der Waals surface area contributed by atoms with Gasteiger partial charge in [-0.25, -0.2) is 0 Å². The summed E-state index contributed by atoms with van der Waals surface area (Å²) in [5.74, 6) is 0. The average Bonchev–Trinajstić information content (AvgIpc) is 1.27. The fourth-order valence-corrected chi connectivity index (χ4v) is 1.63. The molecule has 2 heteroatoms. The van der Waals surface area contributed by atoms with Crippen LogP contribution in [0.5, 0.6) is 0 Å². The van der Waals surface area contributed by atoms with Gasteiger partial charge < -0.3 is 0 Å². The molecule has 0 nitrogen and oxygen atoms in total. The number of hydrogen-bond donors (Lipinski definition) is 0. The van der Waals surface area contributed by atoms with Crippen LogP contribution in [0.3, 0.4) is 0 Å². The molecule has 0 aliphatic heterocycles. The standard InChI is InChI=1S/C6H14S.Li/c1-5(2)7-6(3)4;/h5-6H,1-4H3;. The summed E-state index contributed by atoms with van der Waals surface area (Å²) in [6.07, 6.45) is 0. The first-order chi connectivity index (χ1) is 3.13. The van der Waals surface area contributed by atoms with Crippen molar-refractivity contribution in [3.63, 3.8) is 0 Å². The molecule has 0 aromatic heterocycles. The smallest absolute Gasteiger partial charge is 0 e. The molecule has 8 heavy (non-hydrogen) atoms. The molecule has 0 aromatic rings. The Balaban J connectivity index is 0. The molecule has 0 N–H and O–H groups in total. The van der Waals surface area contributed by atoms with Crippen molar-refractivity contribution in [2.75, 3.05) is 0 Å². The van der Waals surface area contributed by atoms with Crippen molar-refractivity contribution in [2.45, 2.75) is 38.2 Å². The zero-order valence-electron chi connectivity index (χ0n) is 6.56. The van der Waals surface area contributed by atoms with Gasteiger partial charge in [-0.2, -0.15) is 11.8 Å². The van der Waals surface area contributed by atoms with Gasteiger partial charge in [0.15, 0.2) is 0 Å². The van der Waals surface area contributed by atoms with E-state index in [1.807, 2.05) is 11.8 Å². The zero-order valence-corrected chi connectivity index (χ0v) is 7.38. The van der Waals surface area contributed by atoms with E-state index in [2.05, 4.69) is 27.7 Å². The van der Waals surface area contributed by atoms with Crippen LogP contribution in [0.15, 0.2) is 0 Å². The van der Waals surface area contributed by atoms with Crippen molar-refractivity contribution < 1.29 is 0 Å². The summed E-state index contributed by atoms with van der Waals surface area (Å²) >= 11 is 2.01. The predicted octanol–water partition coefficient (Wildman–Crippen LogP) is 2.16. The van der Waals surface area contributed by atoms with E-state index in [-0.39, 0.29) is 18.9 Å². The van der Waals surface area contributed by atoms with E-state index in [1.165, 1.54) is 0 Å². The van der Waals surface area contributed by atoms with Gasteiger partial charge in [0, 0.05) is 18.9 Å². The first kappa shape index (κ1) is 11.7. The Hall–Kier alpha value is 0.947.